The zero-order chi connectivity index (χ0) is 11.7. The van der Waals surface area contributed by atoms with Gasteiger partial charge >= 0.3 is 5.97 Å². The number of ether oxygens (including phenoxy) is 1. The Morgan fingerprint density at radius 1 is 1.62 bits per heavy atom. The van der Waals surface area contributed by atoms with Crippen molar-refractivity contribution in [1.82, 2.24) is 0 Å². The van der Waals surface area contributed by atoms with Crippen LogP contribution in [0.15, 0.2) is 18.2 Å². The largest absolute Gasteiger partial charge is 0.493 e. The Hall–Kier alpha value is -1.51. The molecule has 2 rings (SSSR count). The van der Waals surface area contributed by atoms with Gasteiger partial charge in [0.05, 0.1) is 12.5 Å². The van der Waals surface area contributed by atoms with Crippen LogP contribution < -0.4 is 4.74 Å². The quantitative estimate of drug-likeness (QED) is 0.851. The van der Waals surface area contributed by atoms with Crippen molar-refractivity contribution in [2.24, 2.45) is 5.92 Å². The molecule has 0 amide bonds. The first-order chi connectivity index (χ1) is 7.58. The predicted octanol–water partition coefficient (Wildman–Crippen LogP) is 2.45. The Bertz CT molecular complexity index is 412. The minimum Gasteiger partial charge on any atom is -0.493 e. The molecule has 0 aromatic heterocycles. The molecular formula is C13H16O3. The number of aliphatic carboxylic acids is 1. The van der Waals surface area contributed by atoms with Gasteiger partial charge in [-0.05, 0) is 18.1 Å². The Balaban J connectivity index is 2.16. The summed E-state index contributed by atoms with van der Waals surface area (Å²) in [5.41, 5.74) is 2.26. The lowest BCUT2D eigenvalue weighted by Crippen LogP contribution is -2.12. The van der Waals surface area contributed by atoms with Crippen LogP contribution in [-0.4, -0.2) is 17.7 Å². The van der Waals surface area contributed by atoms with Crippen LogP contribution in [-0.2, 0) is 11.2 Å². The molecule has 2 atom stereocenters. The highest BCUT2D eigenvalue weighted by Crippen LogP contribution is 2.34. The standard InChI is InChI=1S/C13H16O3/c1-8(13(14)15)5-10-3-4-11-9(2)7-16-12(11)6-10/h3-4,6,8-9H,5,7H2,1-2H3,(H,14,15). The van der Waals surface area contributed by atoms with Crippen molar-refractivity contribution in [3.63, 3.8) is 0 Å². The first-order valence-corrected chi connectivity index (χ1v) is 5.56. The third kappa shape index (κ3) is 2.03. The maximum absolute atomic E-state index is 10.8. The van der Waals surface area contributed by atoms with Gasteiger partial charge < -0.3 is 9.84 Å². The summed E-state index contributed by atoms with van der Waals surface area (Å²) in [5.74, 6) is 0.259. The monoisotopic (exact) mass is 220 g/mol. The third-order valence-electron chi connectivity index (χ3n) is 3.06. The van der Waals surface area contributed by atoms with Crippen molar-refractivity contribution >= 4 is 5.97 Å². The highest BCUT2D eigenvalue weighted by molar-refractivity contribution is 5.70. The van der Waals surface area contributed by atoms with Crippen molar-refractivity contribution in [2.45, 2.75) is 26.2 Å². The second-order valence-electron chi connectivity index (χ2n) is 4.53. The number of carboxylic acid groups (broad SMARTS) is 1. The Morgan fingerprint density at radius 3 is 3.06 bits per heavy atom. The molecule has 1 N–H and O–H groups in total. The van der Waals surface area contributed by atoms with Gasteiger partial charge in [-0.2, -0.15) is 0 Å². The summed E-state index contributed by atoms with van der Waals surface area (Å²) >= 11 is 0. The normalized spacial score (nSPS) is 20.0. The van der Waals surface area contributed by atoms with Crippen LogP contribution in [0.4, 0.5) is 0 Å². The Morgan fingerprint density at radius 2 is 2.38 bits per heavy atom. The van der Waals surface area contributed by atoms with Crippen molar-refractivity contribution < 1.29 is 14.6 Å². The van der Waals surface area contributed by atoms with E-state index in [0.29, 0.717) is 12.3 Å². The molecule has 1 aliphatic rings. The number of hydrogen-bond donors (Lipinski definition) is 1. The SMILES string of the molecule is CC(Cc1ccc2c(c1)OCC2C)C(=O)O. The zero-order valence-electron chi connectivity index (χ0n) is 9.56. The van der Waals surface area contributed by atoms with E-state index in [0.717, 1.165) is 17.9 Å². The predicted molar refractivity (Wildman–Crippen MR) is 60.9 cm³/mol. The Labute approximate surface area is 95.0 Å². The molecule has 0 bridgehead atoms. The van der Waals surface area contributed by atoms with Gasteiger partial charge in [-0.3, -0.25) is 4.79 Å². The third-order valence-corrected chi connectivity index (χ3v) is 3.06. The highest BCUT2D eigenvalue weighted by atomic mass is 16.5. The van der Waals surface area contributed by atoms with E-state index in [1.54, 1.807) is 6.92 Å². The zero-order valence-corrected chi connectivity index (χ0v) is 9.56. The van der Waals surface area contributed by atoms with E-state index in [4.69, 9.17) is 9.84 Å². The van der Waals surface area contributed by atoms with Crippen molar-refractivity contribution in [3.05, 3.63) is 29.3 Å². The van der Waals surface area contributed by atoms with E-state index in [9.17, 15) is 4.79 Å². The number of hydrogen-bond acceptors (Lipinski definition) is 2. The van der Waals surface area contributed by atoms with Crippen LogP contribution in [0, 0.1) is 5.92 Å². The van der Waals surface area contributed by atoms with Gasteiger partial charge in [-0.15, -0.1) is 0 Å². The summed E-state index contributed by atoms with van der Waals surface area (Å²) in [4.78, 5) is 10.8. The summed E-state index contributed by atoms with van der Waals surface area (Å²) in [7, 11) is 0. The first kappa shape index (κ1) is 11.0. The molecular weight excluding hydrogens is 204 g/mol. The number of carbonyl (C=O) groups is 1. The topological polar surface area (TPSA) is 46.5 Å². The molecule has 0 saturated carbocycles. The Kier molecular flexibility index (Phi) is 2.86. The molecule has 0 radical (unpaired) electrons. The fraction of sp³-hybridized carbons (Fsp3) is 0.462. The van der Waals surface area contributed by atoms with Crippen LogP contribution in [0.1, 0.15) is 30.9 Å². The lowest BCUT2D eigenvalue weighted by molar-refractivity contribution is -0.141. The van der Waals surface area contributed by atoms with Crippen molar-refractivity contribution in [2.75, 3.05) is 6.61 Å². The van der Waals surface area contributed by atoms with Gasteiger partial charge in [0.25, 0.3) is 0 Å². The van der Waals surface area contributed by atoms with Crippen LogP contribution in [0.2, 0.25) is 0 Å². The average Bonchev–Trinajstić information content (AvgIpc) is 2.60. The fourth-order valence-corrected chi connectivity index (χ4v) is 1.98. The van der Waals surface area contributed by atoms with E-state index < -0.39 is 5.97 Å². The second-order valence-corrected chi connectivity index (χ2v) is 4.53. The molecule has 1 heterocycles. The number of carboxylic acids is 1. The fourth-order valence-electron chi connectivity index (χ4n) is 1.98. The maximum atomic E-state index is 10.8. The second kappa shape index (κ2) is 4.16. The molecule has 2 unspecified atom stereocenters. The van der Waals surface area contributed by atoms with Gasteiger partial charge in [0.1, 0.15) is 5.75 Å². The highest BCUT2D eigenvalue weighted by Gasteiger charge is 2.21. The van der Waals surface area contributed by atoms with Crippen molar-refractivity contribution in [3.8, 4) is 5.75 Å². The van der Waals surface area contributed by atoms with E-state index in [2.05, 4.69) is 13.0 Å². The van der Waals surface area contributed by atoms with Gasteiger partial charge in [0.15, 0.2) is 0 Å². The van der Waals surface area contributed by atoms with E-state index in [1.807, 2.05) is 12.1 Å². The van der Waals surface area contributed by atoms with Crippen LogP contribution in [0.3, 0.4) is 0 Å². The summed E-state index contributed by atoms with van der Waals surface area (Å²) in [5, 5.41) is 8.85. The van der Waals surface area contributed by atoms with Gasteiger partial charge in [-0.25, -0.2) is 0 Å². The van der Waals surface area contributed by atoms with Crippen LogP contribution >= 0.6 is 0 Å². The molecule has 1 aliphatic heterocycles. The molecule has 3 heteroatoms. The molecule has 86 valence electrons. The first-order valence-electron chi connectivity index (χ1n) is 5.56. The minimum atomic E-state index is -0.755. The van der Waals surface area contributed by atoms with E-state index in [1.165, 1.54) is 5.56 Å². The number of rotatable bonds is 3. The summed E-state index contributed by atoms with van der Waals surface area (Å²) in [6.45, 7) is 4.58. The van der Waals surface area contributed by atoms with Gasteiger partial charge in [0.2, 0.25) is 0 Å². The summed E-state index contributed by atoms with van der Waals surface area (Å²) in [6, 6.07) is 6.03. The molecule has 0 fully saturated rings. The summed E-state index contributed by atoms with van der Waals surface area (Å²) in [6.07, 6.45) is 0.556. The van der Waals surface area contributed by atoms with E-state index >= 15 is 0 Å². The number of benzene rings is 1. The molecule has 16 heavy (non-hydrogen) atoms. The van der Waals surface area contributed by atoms with Gasteiger partial charge in [-0.1, -0.05) is 26.0 Å². The smallest absolute Gasteiger partial charge is 0.306 e. The molecule has 3 nitrogen and oxygen atoms in total. The molecule has 0 aliphatic carbocycles. The van der Waals surface area contributed by atoms with Crippen LogP contribution in [0.25, 0.3) is 0 Å². The molecule has 0 saturated heterocycles. The van der Waals surface area contributed by atoms with E-state index in [-0.39, 0.29) is 5.92 Å². The molecule has 0 spiro atoms. The van der Waals surface area contributed by atoms with Gasteiger partial charge in [0, 0.05) is 11.5 Å². The van der Waals surface area contributed by atoms with Crippen molar-refractivity contribution in [1.29, 1.82) is 0 Å². The lowest BCUT2D eigenvalue weighted by Gasteiger charge is -2.08. The van der Waals surface area contributed by atoms with Crippen LogP contribution in [0.5, 0.6) is 5.75 Å². The number of fused-ring (bicyclic) bond motifs is 1. The summed E-state index contributed by atoms with van der Waals surface area (Å²) < 4.78 is 5.55. The maximum Gasteiger partial charge on any atom is 0.306 e. The molecule has 1 aromatic carbocycles. The lowest BCUT2D eigenvalue weighted by atomic mass is 9.97. The molecule has 1 aromatic rings. The minimum absolute atomic E-state index is 0.350. The average molecular weight is 220 g/mol.